The van der Waals surface area contributed by atoms with Crippen LogP contribution in [0.2, 0.25) is 0 Å². The Morgan fingerprint density at radius 2 is 1.67 bits per heavy atom. The topological polar surface area (TPSA) is 71.9 Å². The largest absolute Gasteiger partial charge is 0.378 e. The van der Waals surface area contributed by atoms with Gasteiger partial charge >= 0.3 is 0 Å². The van der Waals surface area contributed by atoms with Crippen LogP contribution in [0.15, 0.2) is 18.2 Å². The Balaban J connectivity index is 1.56. The predicted octanol–water partition coefficient (Wildman–Crippen LogP) is 1.89. The molecule has 30 heavy (non-hydrogen) atoms. The predicted molar refractivity (Wildman–Crippen MR) is 118 cm³/mol. The van der Waals surface area contributed by atoms with Gasteiger partial charge in [0.1, 0.15) is 0 Å². The third-order valence-electron chi connectivity index (χ3n) is 5.98. The van der Waals surface area contributed by atoms with Crippen molar-refractivity contribution in [2.45, 2.75) is 20.3 Å². The lowest BCUT2D eigenvalue weighted by molar-refractivity contribution is -0.115. The van der Waals surface area contributed by atoms with E-state index in [1.807, 2.05) is 31.6 Å². The minimum Gasteiger partial charge on any atom is -0.378 e. The van der Waals surface area contributed by atoms with E-state index in [1.165, 1.54) is 0 Å². The highest BCUT2D eigenvalue weighted by atomic mass is 16.5. The minimum atomic E-state index is -0.0252. The van der Waals surface area contributed by atoms with Gasteiger partial charge in [-0.2, -0.15) is 5.10 Å². The maximum absolute atomic E-state index is 12.9. The fourth-order valence-electron chi connectivity index (χ4n) is 4.14. The van der Waals surface area contributed by atoms with Crippen molar-refractivity contribution in [1.82, 2.24) is 9.78 Å². The second kappa shape index (κ2) is 9.06. The number of ether oxygens (including phenoxy) is 2. The molecule has 2 aliphatic rings. The number of benzene rings is 1. The maximum atomic E-state index is 12.9. The molecule has 1 aromatic heterocycles. The van der Waals surface area contributed by atoms with Crippen molar-refractivity contribution in [1.29, 1.82) is 0 Å². The monoisotopic (exact) mass is 413 g/mol. The number of rotatable bonds is 5. The molecule has 2 aliphatic heterocycles. The molecule has 8 heteroatoms. The molecule has 162 valence electrons. The molecule has 8 nitrogen and oxygen atoms in total. The fraction of sp³-hybridized carbons (Fsp3) is 0.545. The number of anilines is 3. The van der Waals surface area contributed by atoms with Crippen LogP contribution in [-0.2, 0) is 27.7 Å². The summed E-state index contributed by atoms with van der Waals surface area (Å²) >= 11 is 0. The van der Waals surface area contributed by atoms with E-state index < -0.39 is 0 Å². The molecule has 0 aliphatic carbocycles. The van der Waals surface area contributed by atoms with Gasteiger partial charge in [0.2, 0.25) is 5.91 Å². The summed E-state index contributed by atoms with van der Waals surface area (Å²) in [6.45, 7) is 10.2. The van der Waals surface area contributed by atoms with Gasteiger partial charge in [0.25, 0.3) is 0 Å². The number of nitrogens with one attached hydrogen (secondary N) is 1. The van der Waals surface area contributed by atoms with E-state index in [0.717, 1.165) is 73.4 Å². The first-order chi connectivity index (χ1) is 14.5. The molecule has 4 rings (SSSR count). The second-order valence-electron chi connectivity index (χ2n) is 7.90. The van der Waals surface area contributed by atoms with Crippen LogP contribution < -0.4 is 15.1 Å². The lowest BCUT2D eigenvalue weighted by Crippen LogP contribution is -2.38. The van der Waals surface area contributed by atoms with Crippen molar-refractivity contribution >= 4 is 23.0 Å². The second-order valence-corrected chi connectivity index (χ2v) is 7.90. The zero-order valence-electron chi connectivity index (χ0n) is 18.1. The van der Waals surface area contributed by atoms with Crippen LogP contribution in [0.4, 0.5) is 17.1 Å². The number of amides is 1. The van der Waals surface area contributed by atoms with Crippen molar-refractivity contribution in [2.24, 2.45) is 7.05 Å². The lowest BCUT2D eigenvalue weighted by atomic mass is 10.1. The number of hydrogen-bond donors (Lipinski definition) is 1. The Hall–Kier alpha value is -2.58. The molecule has 0 bridgehead atoms. The standard InChI is InChI=1S/C22H31N5O3/c1-16-19(17(2)25(3)24-16)15-22(28)23-20-5-4-18(26-6-10-29-11-7-26)14-21(20)27-8-12-30-13-9-27/h4-5,14H,6-13,15H2,1-3H3,(H,23,28). The molecule has 0 unspecified atom stereocenters. The number of morpholine rings is 2. The van der Waals surface area contributed by atoms with E-state index in [2.05, 4.69) is 32.3 Å². The first kappa shape index (κ1) is 20.7. The number of aryl methyl sites for hydroxylation is 2. The van der Waals surface area contributed by atoms with Crippen LogP contribution in [0.1, 0.15) is 17.0 Å². The van der Waals surface area contributed by atoms with Crippen molar-refractivity contribution in [2.75, 3.05) is 67.7 Å². The number of hydrogen-bond acceptors (Lipinski definition) is 6. The van der Waals surface area contributed by atoms with Crippen LogP contribution in [0.3, 0.4) is 0 Å². The van der Waals surface area contributed by atoms with Gasteiger partial charge in [0, 0.05) is 50.2 Å². The molecule has 0 saturated carbocycles. The van der Waals surface area contributed by atoms with Crippen molar-refractivity contribution in [3.63, 3.8) is 0 Å². The number of nitrogens with zero attached hydrogens (tertiary/aromatic N) is 4. The summed E-state index contributed by atoms with van der Waals surface area (Å²) in [5.74, 6) is -0.0252. The highest BCUT2D eigenvalue weighted by molar-refractivity contribution is 5.96. The van der Waals surface area contributed by atoms with Gasteiger partial charge in [-0.25, -0.2) is 0 Å². The number of carbonyl (C=O) groups is 1. The summed E-state index contributed by atoms with van der Waals surface area (Å²) in [5, 5.41) is 7.57. The molecular formula is C22H31N5O3. The molecule has 0 radical (unpaired) electrons. The van der Waals surface area contributed by atoms with Gasteiger partial charge in [-0.1, -0.05) is 0 Å². The summed E-state index contributed by atoms with van der Waals surface area (Å²) in [6.07, 6.45) is 0.319. The quantitative estimate of drug-likeness (QED) is 0.807. The molecule has 2 saturated heterocycles. The summed E-state index contributed by atoms with van der Waals surface area (Å²) < 4.78 is 12.8. The Labute approximate surface area is 177 Å². The van der Waals surface area contributed by atoms with Crippen LogP contribution in [0.5, 0.6) is 0 Å². The Morgan fingerprint density at radius 1 is 1.03 bits per heavy atom. The average molecular weight is 414 g/mol. The molecule has 1 amide bonds. The third-order valence-corrected chi connectivity index (χ3v) is 5.98. The molecular weight excluding hydrogens is 382 g/mol. The molecule has 3 heterocycles. The van der Waals surface area contributed by atoms with Crippen molar-refractivity contribution in [3.05, 3.63) is 35.2 Å². The summed E-state index contributed by atoms with van der Waals surface area (Å²) in [7, 11) is 1.91. The van der Waals surface area contributed by atoms with Crippen LogP contribution in [-0.4, -0.2) is 68.3 Å². The van der Waals surface area contributed by atoms with E-state index in [9.17, 15) is 4.79 Å². The van der Waals surface area contributed by atoms with Gasteiger partial charge < -0.3 is 24.6 Å². The highest BCUT2D eigenvalue weighted by Gasteiger charge is 2.20. The van der Waals surface area contributed by atoms with Crippen molar-refractivity contribution < 1.29 is 14.3 Å². The number of aromatic nitrogens is 2. The normalized spacial score (nSPS) is 17.3. The smallest absolute Gasteiger partial charge is 0.228 e. The lowest BCUT2D eigenvalue weighted by Gasteiger charge is -2.33. The van der Waals surface area contributed by atoms with E-state index in [-0.39, 0.29) is 5.91 Å². The summed E-state index contributed by atoms with van der Waals surface area (Å²) in [4.78, 5) is 17.5. The molecule has 1 N–H and O–H groups in total. The third kappa shape index (κ3) is 4.44. The SMILES string of the molecule is Cc1nn(C)c(C)c1CC(=O)Nc1ccc(N2CCOCC2)cc1N1CCOCC1. The Bertz CT molecular complexity index is 898. The van der Waals surface area contributed by atoms with E-state index >= 15 is 0 Å². The Morgan fingerprint density at radius 3 is 2.27 bits per heavy atom. The van der Waals surface area contributed by atoms with Gasteiger partial charge in [-0.3, -0.25) is 9.48 Å². The maximum Gasteiger partial charge on any atom is 0.228 e. The Kier molecular flexibility index (Phi) is 6.24. The van der Waals surface area contributed by atoms with E-state index in [4.69, 9.17) is 9.47 Å². The molecule has 2 fully saturated rings. The first-order valence-corrected chi connectivity index (χ1v) is 10.6. The minimum absolute atomic E-state index is 0.0252. The van der Waals surface area contributed by atoms with Crippen LogP contribution in [0, 0.1) is 13.8 Å². The highest BCUT2D eigenvalue weighted by Crippen LogP contribution is 2.32. The zero-order chi connectivity index (χ0) is 21.1. The fourth-order valence-corrected chi connectivity index (χ4v) is 4.14. The molecule has 1 aromatic carbocycles. The molecule has 0 spiro atoms. The summed E-state index contributed by atoms with van der Waals surface area (Å²) in [5.41, 5.74) is 5.98. The van der Waals surface area contributed by atoms with Gasteiger partial charge in [-0.15, -0.1) is 0 Å². The van der Waals surface area contributed by atoms with Crippen molar-refractivity contribution in [3.8, 4) is 0 Å². The van der Waals surface area contributed by atoms with Crippen LogP contribution in [0.25, 0.3) is 0 Å². The zero-order valence-corrected chi connectivity index (χ0v) is 18.1. The molecule has 2 aromatic rings. The number of carbonyl (C=O) groups excluding carboxylic acids is 1. The van der Waals surface area contributed by atoms with E-state index in [0.29, 0.717) is 19.6 Å². The average Bonchev–Trinajstić information content (AvgIpc) is 3.01. The molecule has 0 atom stereocenters. The van der Waals surface area contributed by atoms with Gasteiger partial charge in [0.15, 0.2) is 0 Å². The van der Waals surface area contributed by atoms with Gasteiger partial charge in [0.05, 0.1) is 49.9 Å². The van der Waals surface area contributed by atoms with Crippen LogP contribution >= 0.6 is 0 Å². The van der Waals surface area contributed by atoms with E-state index in [1.54, 1.807) is 0 Å². The first-order valence-electron chi connectivity index (χ1n) is 10.6. The summed E-state index contributed by atoms with van der Waals surface area (Å²) in [6, 6.07) is 6.30. The van der Waals surface area contributed by atoms with Gasteiger partial charge in [-0.05, 0) is 32.0 Å².